The molecule has 3 rings (SSSR count). The number of carbonyl (C=O) groups excluding carboxylic acids is 1. The zero-order chi connectivity index (χ0) is 14.7. The van der Waals surface area contributed by atoms with Crippen LogP contribution in [0.1, 0.15) is 45.4 Å². The van der Waals surface area contributed by atoms with Gasteiger partial charge in [0.25, 0.3) is 0 Å². The van der Waals surface area contributed by atoms with Crippen LogP contribution in [0, 0.1) is 5.92 Å². The standard InChI is InChI=1S/C16H29N3O2/c1-2-21-16(20)18-15(12-5-6-12)11-17-13-7-9-19-8-3-4-14(19)10-13/h12-15,17H,2-11H2,1H3,(H,18,20). The van der Waals surface area contributed by atoms with Crippen molar-refractivity contribution in [2.24, 2.45) is 5.92 Å². The highest BCUT2D eigenvalue weighted by Gasteiger charge is 2.35. The lowest BCUT2D eigenvalue weighted by Crippen LogP contribution is -2.50. The summed E-state index contributed by atoms with van der Waals surface area (Å²) in [5.41, 5.74) is 0. The summed E-state index contributed by atoms with van der Waals surface area (Å²) in [4.78, 5) is 14.3. The van der Waals surface area contributed by atoms with Crippen molar-refractivity contribution < 1.29 is 9.53 Å². The topological polar surface area (TPSA) is 53.6 Å². The first-order chi connectivity index (χ1) is 10.3. The van der Waals surface area contributed by atoms with Gasteiger partial charge in [0.1, 0.15) is 0 Å². The molecule has 1 amide bonds. The molecule has 2 N–H and O–H groups in total. The molecule has 21 heavy (non-hydrogen) atoms. The minimum Gasteiger partial charge on any atom is -0.450 e. The number of nitrogens with zero attached hydrogens (tertiary/aromatic N) is 1. The molecule has 3 aliphatic rings. The first-order valence-electron chi connectivity index (χ1n) is 8.67. The third-order valence-corrected chi connectivity index (χ3v) is 5.22. The number of amides is 1. The van der Waals surface area contributed by atoms with Crippen molar-refractivity contribution in [3.63, 3.8) is 0 Å². The molecular formula is C16H29N3O2. The van der Waals surface area contributed by atoms with E-state index in [1.54, 1.807) is 0 Å². The third kappa shape index (κ3) is 4.10. The highest BCUT2D eigenvalue weighted by atomic mass is 16.5. The second-order valence-corrected chi connectivity index (χ2v) is 6.77. The number of hydrogen-bond acceptors (Lipinski definition) is 4. The molecule has 5 heteroatoms. The van der Waals surface area contributed by atoms with Gasteiger partial charge in [-0.25, -0.2) is 4.79 Å². The fourth-order valence-electron chi connectivity index (χ4n) is 3.86. The zero-order valence-corrected chi connectivity index (χ0v) is 13.1. The molecule has 2 heterocycles. The molecule has 0 aromatic heterocycles. The largest absolute Gasteiger partial charge is 0.450 e. The molecule has 2 aliphatic heterocycles. The molecule has 5 nitrogen and oxygen atoms in total. The molecule has 0 bridgehead atoms. The Labute approximate surface area is 127 Å². The van der Waals surface area contributed by atoms with Crippen LogP contribution in [0.4, 0.5) is 4.79 Å². The van der Waals surface area contributed by atoms with Crippen molar-refractivity contribution in [2.45, 2.75) is 63.6 Å². The molecule has 0 aromatic carbocycles. The van der Waals surface area contributed by atoms with Crippen LogP contribution in [-0.2, 0) is 4.74 Å². The molecule has 3 fully saturated rings. The Morgan fingerprint density at radius 2 is 2.14 bits per heavy atom. The van der Waals surface area contributed by atoms with Gasteiger partial charge in [-0.2, -0.15) is 0 Å². The lowest BCUT2D eigenvalue weighted by molar-refractivity contribution is 0.143. The van der Waals surface area contributed by atoms with Gasteiger partial charge >= 0.3 is 6.09 Å². The van der Waals surface area contributed by atoms with E-state index in [-0.39, 0.29) is 12.1 Å². The van der Waals surface area contributed by atoms with Gasteiger partial charge in [0, 0.05) is 24.7 Å². The van der Waals surface area contributed by atoms with Crippen LogP contribution in [0.2, 0.25) is 0 Å². The van der Waals surface area contributed by atoms with E-state index in [0.717, 1.165) is 12.6 Å². The molecule has 1 aliphatic carbocycles. The Bertz CT molecular complexity index is 359. The van der Waals surface area contributed by atoms with Gasteiger partial charge in [0.2, 0.25) is 0 Å². The Morgan fingerprint density at radius 1 is 1.29 bits per heavy atom. The summed E-state index contributed by atoms with van der Waals surface area (Å²) < 4.78 is 5.01. The zero-order valence-electron chi connectivity index (χ0n) is 13.1. The summed E-state index contributed by atoms with van der Waals surface area (Å²) in [6.45, 7) is 5.71. The third-order valence-electron chi connectivity index (χ3n) is 5.22. The van der Waals surface area contributed by atoms with Gasteiger partial charge in [0.15, 0.2) is 0 Å². The van der Waals surface area contributed by atoms with E-state index < -0.39 is 0 Å². The highest BCUT2D eigenvalue weighted by molar-refractivity contribution is 5.67. The van der Waals surface area contributed by atoms with Gasteiger partial charge in [-0.05, 0) is 64.5 Å². The maximum atomic E-state index is 11.6. The minimum atomic E-state index is -0.262. The normalized spacial score (nSPS) is 30.7. The Kier molecular flexibility index (Phi) is 5.01. The van der Waals surface area contributed by atoms with Crippen LogP contribution in [-0.4, -0.2) is 55.4 Å². The Balaban J connectivity index is 1.42. The summed E-state index contributed by atoms with van der Waals surface area (Å²) in [5.74, 6) is 0.647. The summed E-state index contributed by atoms with van der Waals surface area (Å²) in [7, 11) is 0. The highest BCUT2D eigenvalue weighted by Crippen LogP contribution is 2.33. The summed E-state index contributed by atoms with van der Waals surface area (Å²) in [6, 6.07) is 1.66. The van der Waals surface area contributed by atoms with E-state index >= 15 is 0 Å². The van der Waals surface area contributed by atoms with Gasteiger partial charge in [-0.15, -0.1) is 0 Å². The average Bonchev–Trinajstić information content (AvgIpc) is 3.21. The predicted octanol–water partition coefficient (Wildman–Crippen LogP) is 1.73. The van der Waals surface area contributed by atoms with Gasteiger partial charge in [-0.3, -0.25) is 0 Å². The SMILES string of the molecule is CCOC(=O)NC(CNC1CCN2CCCC2C1)C1CC1. The summed E-state index contributed by atoms with van der Waals surface area (Å²) in [5, 5.41) is 6.74. The van der Waals surface area contributed by atoms with E-state index in [1.165, 1.54) is 51.6 Å². The molecule has 0 radical (unpaired) electrons. The lowest BCUT2D eigenvalue weighted by Gasteiger charge is -2.36. The first kappa shape index (κ1) is 15.1. The Morgan fingerprint density at radius 3 is 2.90 bits per heavy atom. The van der Waals surface area contributed by atoms with Crippen LogP contribution in [0.3, 0.4) is 0 Å². The van der Waals surface area contributed by atoms with E-state index in [0.29, 0.717) is 18.6 Å². The van der Waals surface area contributed by atoms with Crippen LogP contribution in [0.5, 0.6) is 0 Å². The molecule has 120 valence electrons. The van der Waals surface area contributed by atoms with Crippen LogP contribution in [0.25, 0.3) is 0 Å². The summed E-state index contributed by atoms with van der Waals surface area (Å²) >= 11 is 0. The van der Waals surface area contributed by atoms with E-state index in [1.807, 2.05) is 6.92 Å². The van der Waals surface area contributed by atoms with Crippen molar-refractivity contribution in [1.82, 2.24) is 15.5 Å². The van der Waals surface area contributed by atoms with Crippen LogP contribution in [0.15, 0.2) is 0 Å². The lowest BCUT2D eigenvalue weighted by atomic mass is 9.97. The second-order valence-electron chi connectivity index (χ2n) is 6.77. The molecule has 3 atom stereocenters. The maximum Gasteiger partial charge on any atom is 0.407 e. The quantitative estimate of drug-likeness (QED) is 0.783. The monoisotopic (exact) mass is 295 g/mol. The molecule has 1 saturated carbocycles. The van der Waals surface area contributed by atoms with Gasteiger partial charge in [-0.1, -0.05) is 0 Å². The predicted molar refractivity (Wildman–Crippen MR) is 82.3 cm³/mol. The van der Waals surface area contributed by atoms with Gasteiger partial charge < -0.3 is 20.3 Å². The number of piperidine rings is 1. The van der Waals surface area contributed by atoms with Crippen molar-refractivity contribution in [1.29, 1.82) is 0 Å². The first-order valence-corrected chi connectivity index (χ1v) is 8.67. The van der Waals surface area contributed by atoms with Gasteiger partial charge in [0.05, 0.1) is 6.61 Å². The number of ether oxygens (including phenoxy) is 1. The van der Waals surface area contributed by atoms with E-state index in [9.17, 15) is 4.79 Å². The smallest absolute Gasteiger partial charge is 0.407 e. The average molecular weight is 295 g/mol. The maximum absolute atomic E-state index is 11.6. The fraction of sp³-hybridized carbons (Fsp3) is 0.938. The Hall–Kier alpha value is -0.810. The number of alkyl carbamates (subject to hydrolysis) is 1. The second kappa shape index (κ2) is 6.97. The summed E-state index contributed by atoms with van der Waals surface area (Å²) in [6.07, 6.45) is 7.46. The molecular weight excluding hydrogens is 266 g/mol. The van der Waals surface area contributed by atoms with E-state index in [2.05, 4.69) is 15.5 Å². The van der Waals surface area contributed by atoms with Crippen molar-refractivity contribution in [3.05, 3.63) is 0 Å². The van der Waals surface area contributed by atoms with Crippen molar-refractivity contribution in [2.75, 3.05) is 26.2 Å². The van der Waals surface area contributed by atoms with E-state index in [4.69, 9.17) is 4.74 Å². The number of hydrogen-bond donors (Lipinski definition) is 2. The molecule has 0 spiro atoms. The number of fused-ring (bicyclic) bond motifs is 1. The van der Waals surface area contributed by atoms with Crippen LogP contribution < -0.4 is 10.6 Å². The molecule has 2 saturated heterocycles. The number of carbonyl (C=O) groups is 1. The minimum absolute atomic E-state index is 0.241. The van der Waals surface area contributed by atoms with Crippen molar-refractivity contribution in [3.8, 4) is 0 Å². The number of rotatable bonds is 6. The van der Waals surface area contributed by atoms with Crippen molar-refractivity contribution >= 4 is 6.09 Å². The fourth-order valence-corrected chi connectivity index (χ4v) is 3.86. The number of nitrogens with one attached hydrogen (secondary N) is 2. The van der Waals surface area contributed by atoms with Crippen LogP contribution >= 0.6 is 0 Å². The molecule has 0 aromatic rings. The molecule has 3 unspecified atom stereocenters.